The number of carboxylic acids is 1. The van der Waals surface area contributed by atoms with Crippen molar-refractivity contribution < 1.29 is 14.4 Å². The van der Waals surface area contributed by atoms with Gasteiger partial charge in [-0.15, -0.1) is 4.48 Å². The third kappa shape index (κ3) is 5.32. The minimum Gasteiger partial charge on any atom is -0.481 e. The summed E-state index contributed by atoms with van der Waals surface area (Å²) in [6.07, 6.45) is -0.0864. The molecule has 0 aromatic rings. The van der Waals surface area contributed by atoms with Crippen LogP contribution in [0.1, 0.15) is 6.42 Å². The molecule has 0 aromatic carbocycles. The molecule has 0 aromatic heterocycles. The Morgan fingerprint density at radius 3 is 2.75 bits per heavy atom. The topological polar surface area (TPSA) is 61.4 Å². The quantitative estimate of drug-likeness (QED) is 0.266. The van der Waals surface area contributed by atoms with E-state index >= 15 is 0 Å². The Labute approximate surface area is 45.6 Å². The SMILES string of the molecule is O=C(O)CCNNF. The molecule has 0 heterocycles. The first-order valence-electron chi connectivity index (χ1n) is 2.07. The van der Waals surface area contributed by atoms with Gasteiger partial charge in [-0.3, -0.25) is 4.79 Å². The first kappa shape index (κ1) is 7.32. The smallest absolute Gasteiger partial charge is 0.304 e. The van der Waals surface area contributed by atoms with Crippen molar-refractivity contribution in [3.8, 4) is 0 Å². The Hall–Kier alpha value is -0.680. The predicted molar refractivity (Wildman–Crippen MR) is 24.5 cm³/mol. The van der Waals surface area contributed by atoms with Crippen LogP contribution in [0, 0.1) is 0 Å². The van der Waals surface area contributed by atoms with E-state index in [1.54, 1.807) is 0 Å². The summed E-state index contributed by atoms with van der Waals surface area (Å²) >= 11 is 0. The number of carboxylic acid groups (broad SMARTS) is 1. The number of hydrogen-bond donors (Lipinski definition) is 3. The molecule has 0 bridgehead atoms. The van der Waals surface area contributed by atoms with Crippen LogP contribution in [-0.2, 0) is 4.79 Å². The van der Waals surface area contributed by atoms with E-state index in [1.165, 1.54) is 0 Å². The Balaban J connectivity index is 2.82. The lowest BCUT2D eigenvalue weighted by Crippen LogP contribution is -2.26. The van der Waals surface area contributed by atoms with Gasteiger partial charge in [0.1, 0.15) is 0 Å². The van der Waals surface area contributed by atoms with Crippen LogP contribution in [0.15, 0.2) is 0 Å². The molecular formula is C3H7FN2O2. The second-order valence-electron chi connectivity index (χ2n) is 1.17. The zero-order valence-electron chi connectivity index (χ0n) is 4.15. The van der Waals surface area contributed by atoms with Crippen molar-refractivity contribution in [1.29, 1.82) is 0 Å². The Kier molecular flexibility index (Phi) is 4.10. The second kappa shape index (κ2) is 4.48. The average Bonchev–Trinajstić information content (AvgIpc) is 1.66. The maximum Gasteiger partial charge on any atom is 0.304 e. The molecule has 0 fully saturated rings. The van der Waals surface area contributed by atoms with Gasteiger partial charge in [0.05, 0.1) is 6.42 Å². The molecule has 0 aliphatic heterocycles. The van der Waals surface area contributed by atoms with E-state index in [-0.39, 0.29) is 13.0 Å². The number of aliphatic carboxylic acids is 1. The summed E-state index contributed by atoms with van der Waals surface area (Å²) < 4.78 is 10.9. The van der Waals surface area contributed by atoms with Gasteiger partial charge >= 0.3 is 5.97 Å². The fourth-order valence-electron chi connectivity index (χ4n) is 0.217. The summed E-state index contributed by atoms with van der Waals surface area (Å²) in [6.45, 7) is 0.0891. The van der Waals surface area contributed by atoms with E-state index in [0.717, 1.165) is 5.65 Å². The van der Waals surface area contributed by atoms with E-state index in [4.69, 9.17) is 5.11 Å². The van der Waals surface area contributed by atoms with E-state index in [2.05, 4.69) is 0 Å². The van der Waals surface area contributed by atoms with Crippen LogP contribution >= 0.6 is 0 Å². The zero-order chi connectivity index (χ0) is 6.41. The predicted octanol–water partition coefficient (Wildman–Crippen LogP) is -0.560. The molecule has 0 atom stereocenters. The summed E-state index contributed by atoms with van der Waals surface area (Å²) in [6, 6.07) is 0. The molecule has 5 heteroatoms. The lowest BCUT2D eigenvalue weighted by Gasteiger charge is -1.92. The van der Waals surface area contributed by atoms with Gasteiger partial charge in [0.25, 0.3) is 0 Å². The minimum absolute atomic E-state index is 0.0864. The third-order valence-electron chi connectivity index (χ3n) is 0.531. The first-order chi connectivity index (χ1) is 3.77. The number of hydrazine groups is 1. The fourth-order valence-corrected chi connectivity index (χ4v) is 0.217. The van der Waals surface area contributed by atoms with Gasteiger partial charge in [-0.05, 0) is 0 Å². The lowest BCUT2D eigenvalue weighted by atomic mass is 10.4. The van der Waals surface area contributed by atoms with Crippen LogP contribution in [0.3, 0.4) is 0 Å². The molecule has 0 aliphatic rings. The molecule has 0 saturated heterocycles. The molecule has 0 saturated carbocycles. The Morgan fingerprint density at radius 2 is 2.38 bits per heavy atom. The number of carbonyl (C=O) groups is 1. The van der Waals surface area contributed by atoms with Gasteiger partial charge in [0, 0.05) is 6.54 Å². The third-order valence-corrected chi connectivity index (χ3v) is 0.531. The van der Waals surface area contributed by atoms with Crippen molar-refractivity contribution in [2.24, 2.45) is 0 Å². The Bertz CT molecular complexity index is 77.7. The van der Waals surface area contributed by atoms with E-state index in [1.807, 2.05) is 5.43 Å². The lowest BCUT2D eigenvalue weighted by molar-refractivity contribution is -0.136. The molecule has 0 aliphatic carbocycles. The summed E-state index contributed by atoms with van der Waals surface area (Å²) in [7, 11) is 0. The minimum atomic E-state index is -0.951. The zero-order valence-corrected chi connectivity index (χ0v) is 4.15. The van der Waals surface area contributed by atoms with Crippen LogP contribution < -0.4 is 11.1 Å². The normalized spacial score (nSPS) is 9.12. The van der Waals surface area contributed by atoms with Crippen LogP contribution in [0.4, 0.5) is 4.48 Å². The average molecular weight is 122 g/mol. The number of nitrogens with one attached hydrogen (secondary N) is 2. The molecule has 0 amide bonds. The van der Waals surface area contributed by atoms with Crippen molar-refractivity contribution in [2.75, 3.05) is 6.54 Å². The number of rotatable bonds is 4. The number of halogens is 1. The first-order valence-corrected chi connectivity index (χ1v) is 2.07. The standard InChI is InChI=1S/C3H7FN2O2/c4-6-5-2-1-3(7)8/h5-6H,1-2H2,(H,7,8). The monoisotopic (exact) mass is 122 g/mol. The van der Waals surface area contributed by atoms with Crippen molar-refractivity contribution in [3.05, 3.63) is 0 Å². The summed E-state index contributed by atoms with van der Waals surface area (Å²) in [5.41, 5.74) is 3.09. The van der Waals surface area contributed by atoms with Crippen molar-refractivity contribution in [3.63, 3.8) is 0 Å². The molecule has 0 unspecified atom stereocenters. The maximum absolute atomic E-state index is 10.9. The van der Waals surface area contributed by atoms with Crippen LogP contribution in [0.2, 0.25) is 0 Å². The highest BCUT2D eigenvalue weighted by Crippen LogP contribution is 1.71. The highest BCUT2D eigenvalue weighted by atomic mass is 19.2. The Morgan fingerprint density at radius 1 is 1.75 bits per heavy atom. The van der Waals surface area contributed by atoms with Crippen LogP contribution in [0.5, 0.6) is 0 Å². The van der Waals surface area contributed by atoms with E-state index in [0.29, 0.717) is 0 Å². The summed E-state index contributed by atoms with van der Waals surface area (Å²) in [5.74, 6) is -0.951. The van der Waals surface area contributed by atoms with Gasteiger partial charge in [-0.1, -0.05) is 5.65 Å². The summed E-state index contributed by atoms with van der Waals surface area (Å²) in [4.78, 5) is 9.68. The largest absolute Gasteiger partial charge is 0.481 e. The second-order valence-corrected chi connectivity index (χ2v) is 1.17. The molecular weight excluding hydrogens is 115 g/mol. The van der Waals surface area contributed by atoms with Gasteiger partial charge in [-0.25, -0.2) is 5.43 Å². The van der Waals surface area contributed by atoms with Crippen LogP contribution in [0.25, 0.3) is 0 Å². The van der Waals surface area contributed by atoms with Gasteiger partial charge in [0.15, 0.2) is 0 Å². The van der Waals surface area contributed by atoms with E-state index < -0.39 is 5.97 Å². The van der Waals surface area contributed by atoms with E-state index in [9.17, 15) is 9.28 Å². The highest BCUT2D eigenvalue weighted by molar-refractivity contribution is 5.66. The highest BCUT2D eigenvalue weighted by Gasteiger charge is 1.92. The molecule has 3 N–H and O–H groups in total. The fraction of sp³-hybridized carbons (Fsp3) is 0.667. The van der Waals surface area contributed by atoms with Crippen LogP contribution in [-0.4, -0.2) is 17.6 Å². The molecule has 0 spiro atoms. The summed E-state index contributed by atoms with van der Waals surface area (Å²) in [5, 5.41) is 7.95. The molecule has 0 rings (SSSR count). The number of hydrogen-bond acceptors (Lipinski definition) is 3. The molecule has 8 heavy (non-hydrogen) atoms. The van der Waals surface area contributed by atoms with Gasteiger partial charge in [0.2, 0.25) is 0 Å². The molecule has 48 valence electrons. The van der Waals surface area contributed by atoms with Crippen molar-refractivity contribution in [2.45, 2.75) is 6.42 Å². The van der Waals surface area contributed by atoms with Gasteiger partial charge < -0.3 is 5.11 Å². The molecule has 0 radical (unpaired) electrons. The molecule has 4 nitrogen and oxygen atoms in total. The maximum atomic E-state index is 10.9. The van der Waals surface area contributed by atoms with Gasteiger partial charge in [-0.2, -0.15) is 0 Å². The van der Waals surface area contributed by atoms with Crippen molar-refractivity contribution in [1.82, 2.24) is 11.1 Å². The van der Waals surface area contributed by atoms with Crippen molar-refractivity contribution >= 4 is 5.97 Å².